The normalized spacial score (nSPS) is 16.2. The van der Waals surface area contributed by atoms with Crippen molar-refractivity contribution in [2.45, 2.75) is 45.7 Å². The lowest BCUT2D eigenvalue weighted by Crippen LogP contribution is -2.45. The molecule has 1 heterocycles. The first-order chi connectivity index (χ1) is 14.2. The van der Waals surface area contributed by atoms with Crippen molar-refractivity contribution in [1.29, 1.82) is 0 Å². The number of esters is 1. The fourth-order valence-electron chi connectivity index (χ4n) is 3.27. The van der Waals surface area contributed by atoms with Crippen LogP contribution >= 0.6 is 12.4 Å². The SMILES string of the molecule is C=CCOC(=O)C[C@H](C(=O)N[C@@H](C)C(=O)Nc1ccc2c(c1)N[C@H](CO)C2)C(C)C.Cl. The van der Waals surface area contributed by atoms with Crippen molar-refractivity contribution in [1.82, 2.24) is 5.32 Å². The molecule has 0 saturated heterocycles. The fourth-order valence-corrected chi connectivity index (χ4v) is 3.27. The molecule has 0 radical (unpaired) electrons. The summed E-state index contributed by atoms with van der Waals surface area (Å²) in [5.41, 5.74) is 2.55. The van der Waals surface area contributed by atoms with Crippen molar-refractivity contribution in [3.63, 3.8) is 0 Å². The second-order valence-electron chi connectivity index (χ2n) is 7.85. The molecule has 0 saturated carbocycles. The number of rotatable bonds is 10. The second-order valence-corrected chi connectivity index (χ2v) is 7.85. The first-order valence-corrected chi connectivity index (χ1v) is 10.1. The Hall–Kier alpha value is -2.58. The van der Waals surface area contributed by atoms with Crippen LogP contribution in [-0.2, 0) is 25.5 Å². The maximum atomic E-state index is 12.6. The van der Waals surface area contributed by atoms with Gasteiger partial charge in [0, 0.05) is 11.4 Å². The molecule has 0 fully saturated rings. The maximum Gasteiger partial charge on any atom is 0.306 e. The van der Waals surface area contributed by atoms with Gasteiger partial charge in [0.05, 0.1) is 25.0 Å². The Morgan fingerprint density at radius 3 is 2.61 bits per heavy atom. The topological polar surface area (TPSA) is 117 Å². The molecule has 3 atom stereocenters. The number of ether oxygens (including phenoxy) is 1. The lowest BCUT2D eigenvalue weighted by molar-refractivity contribution is -0.146. The van der Waals surface area contributed by atoms with Crippen LogP contribution < -0.4 is 16.0 Å². The van der Waals surface area contributed by atoms with Gasteiger partial charge in [-0.25, -0.2) is 0 Å². The van der Waals surface area contributed by atoms with E-state index in [1.807, 2.05) is 26.0 Å². The van der Waals surface area contributed by atoms with Crippen molar-refractivity contribution in [3.8, 4) is 0 Å². The van der Waals surface area contributed by atoms with E-state index < -0.39 is 17.9 Å². The van der Waals surface area contributed by atoms with Crippen LogP contribution in [0.4, 0.5) is 11.4 Å². The third kappa shape index (κ3) is 7.56. The van der Waals surface area contributed by atoms with Crippen LogP contribution in [0.5, 0.6) is 0 Å². The molecule has 9 heteroatoms. The minimum absolute atomic E-state index is 0. The van der Waals surface area contributed by atoms with Crippen LogP contribution in [0.25, 0.3) is 0 Å². The minimum Gasteiger partial charge on any atom is -0.461 e. The minimum atomic E-state index is -0.783. The van der Waals surface area contributed by atoms with Gasteiger partial charge in [-0.3, -0.25) is 14.4 Å². The molecule has 31 heavy (non-hydrogen) atoms. The fraction of sp³-hybridized carbons (Fsp3) is 0.500. The number of benzene rings is 1. The number of halogens is 1. The van der Waals surface area contributed by atoms with E-state index in [1.165, 1.54) is 6.08 Å². The number of carbonyl (C=O) groups is 3. The van der Waals surface area contributed by atoms with E-state index in [0.717, 1.165) is 17.7 Å². The van der Waals surface area contributed by atoms with Gasteiger partial charge in [0.15, 0.2) is 0 Å². The number of carbonyl (C=O) groups excluding carboxylic acids is 3. The quantitative estimate of drug-likeness (QED) is 0.319. The Balaban J connectivity index is 0.00000480. The molecule has 0 spiro atoms. The number of amides is 2. The lowest BCUT2D eigenvalue weighted by atomic mass is 9.91. The van der Waals surface area contributed by atoms with E-state index in [1.54, 1.807) is 13.0 Å². The molecule has 8 nitrogen and oxygen atoms in total. The summed E-state index contributed by atoms with van der Waals surface area (Å²) in [7, 11) is 0. The summed E-state index contributed by atoms with van der Waals surface area (Å²) in [5.74, 6) is -1.91. The standard InChI is InChI=1S/C22H31N3O5.ClH/c1-5-8-30-20(27)11-18(13(2)3)22(29)23-14(4)21(28)25-16-7-6-15-9-17(12-26)24-19(15)10-16;/h5-7,10,13-14,17-18,24,26H,1,8-9,11-12H2,2-4H3,(H,23,29)(H,25,28);1H/t14-,17-,18-;/m0./s1. The molecule has 0 bridgehead atoms. The molecule has 0 aliphatic carbocycles. The van der Waals surface area contributed by atoms with E-state index in [-0.39, 0.29) is 55.8 Å². The highest BCUT2D eigenvalue weighted by molar-refractivity contribution is 5.98. The first-order valence-electron chi connectivity index (χ1n) is 10.1. The summed E-state index contributed by atoms with van der Waals surface area (Å²) >= 11 is 0. The number of hydrogen-bond acceptors (Lipinski definition) is 6. The first kappa shape index (κ1) is 26.5. The molecule has 1 aliphatic heterocycles. The van der Waals surface area contributed by atoms with Gasteiger partial charge >= 0.3 is 5.97 Å². The van der Waals surface area contributed by atoms with Crippen LogP contribution in [0.1, 0.15) is 32.8 Å². The van der Waals surface area contributed by atoms with Crippen molar-refractivity contribution < 1.29 is 24.2 Å². The molecule has 2 amide bonds. The monoisotopic (exact) mass is 453 g/mol. The van der Waals surface area contributed by atoms with Crippen LogP contribution in [0.2, 0.25) is 0 Å². The van der Waals surface area contributed by atoms with Gasteiger partial charge in [0.2, 0.25) is 11.8 Å². The molecule has 1 aliphatic rings. The third-order valence-electron chi connectivity index (χ3n) is 5.07. The number of fused-ring (bicyclic) bond motifs is 1. The highest BCUT2D eigenvalue weighted by Crippen LogP contribution is 2.28. The van der Waals surface area contributed by atoms with Crippen LogP contribution in [0.3, 0.4) is 0 Å². The summed E-state index contributed by atoms with van der Waals surface area (Å²) in [6, 6.07) is 4.70. The zero-order chi connectivity index (χ0) is 22.3. The summed E-state index contributed by atoms with van der Waals surface area (Å²) in [4.78, 5) is 37.0. The number of aliphatic hydroxyl groups is 1. The molecule has 2 rings (SSSR count). The summed E-state index contributed by atoms with van der Waals surface area (Å²) in [6.07, 6.45) is 2.14. The van der Waals surface area contributed by atoms with Crippen molar-refractivity contribution in [2.75, 3.05) is 23.8 Å². The van der Waals surface area contributed by atoms with Crippen LogP contribution in [-0.4, -0.2) is 48.2 Å². The van der Waals surface area contributed by atoms with Crippen LogP contribution in [0.15, 0.2) is 30.9 Å². The number of aliphatic hydroxyl groups excluding tert-OH is 1. The highest BCUT2D eigenvalue weighted by atomic mass is 35.5. The predicted octanol–water partition coefficient (Wildman–Crippen LogP) is 2.27. The van der Waals surface area contributed by atoms with Gasteiger partial charge in [-0.2, -0.15) is 0 Å². The average Bonchev–Trinajstić information content (AvgIpc) is 3.12. The Morgan fingerprint density at radius 1 is 1.29 bits per heavy atom. The van der Waals surface area contributed by atoms with E-state index in [2.05, 4.69) is 22.5 Å². The molecule has 1 aromatic rings. The Labute approximate surface area is 189 Å². The van der Waals surface area contributed by atoms with Crippen molar-refractivity contribution >= 4 is 41.6 Å². The lowest BCUT2D eigenvalue weighted by Gasteiger charge is -2.22. The molecule has 172 valence electrons. The highest BCUT2D eigenvalue weighted by Gasteiger charge is 2.28. The molecule has 1 aromatic carbocycles. The van der Waals surface area contributed by atoms with Gasteiger partial charge in [-0.1, -0.05) is 32.6 Å². The van der Waals surface area contributed by atoms with Crippen LogP contribution in [0, 0.1) is 11.8 Å². The number of anilines is 2. The number of nitrogens with one attached hydrogen (secondary N) is 3. The van der Waals surface area contributed by atoms with Gasteiger partial charge in [-0.05, 0) is 37.0 Å². The zero-order valence-corrected chi connectivity index (χ0v) is 19.0. The predicted molar refractivity (Wildman–Crippen MR) is 122 cm³/mol. The molecule has 0 aromatic heterocycles. The van der Waals surface area contributed by atoms with E-state index in [4.69, 9.17) is 4.74 Å². The van der Waals surface area contributed by atoms with Gasteiger partial charge < -0.3 is 25.8 Å². The zero-order valence-electron chi connectivity index (χ0n) is 18.1. The Kier molecular flexibility index (Phi) is 10.5. The van der Waals surface area contributed by atoms with Gasteiger partial charge in [0.1, 0.15) is 12.6 Å². The molecule has 0 unspecified atom stereocenters. The molecule has 4 N–H and O–H groups in total. The van der Waals surface area contributed by atoms with Gasteiger partial charge in [-0.15, -0.1) is 12.4 Å². The van der Waals surface area contributed by atoms with Crippen molar-refractivity contribution in [3.05, 3.63) is 36.4 Å². The van der Waals surface area contributed by atoms with Gasteiger partial charge in [0.25, 0.3) is 0 Å². The van der Waals surface area contributed by atoms with E-state index in [9.17, 15) is 19.5 Å². The average molecular weight is 454 g/mol. The molecular weight excluding hydrogens is 422 g/mol. The maximum absolute atomic E-state index is 12.6. The Bertz CT molecular complexity index is 799. The Morgan fingerprint density at radius 2 is 2.00 bits per heavy atom. The van der Waals surface area contributed by atoms with Crippen molar-refractivity contribution in [2.24, 2.45) is 11.8 Å². The summed E-state index contributed by atoms with van der Waals surface area (Å²) in [6.45, 7) is 8.89. The van der Waals surface area contributed by atoms with E-state index >= 15 is 0 Å². The smallest absolute Gasteiger partial charge is 0.306 e. The largest absolute Gasteiger partial charge is 0.461 e. The third-order valence-corrected chi connectivity index (χ3v) is 5.07. The number of hydrogen-bond donors (Lipinski definition) is 4. The van der Waals surface area contributed by atoms with E-state index in [0.29, 0.717) is 5.69 Å². The summed E-state index contributed by atoms with van der Waals surface area (Å²) < 4.78 is 4.97. The summed E-state index contributed by atoms with van der Waals surface area (Å²) in [5, 5.41) is 18.0. The molecular formula is C22H32ClN3O5. The second kappa shape index (κ2) is 12.3.